The molecular formula is C17H24O3. The molecular weight excluding hydrogens is 252 g/mol. The molecule has 1 aromatic rings. The summed E-state index contributed by atoms with van der Waals surface area (Å²) in [5.74, 6) is 0. The van der Waals surface area contributed by atoms with E-state index in [1.807, 2.05) is 6.07 Å². The molecule has 2 fully saturated rings. The molecule has 0 radical (unpaired) electrons. The van der Waals surface area contributed by atoms with Gasteiger partial charge in [0.15, 0.2) is 6.29 Å². The number of benzene rings is 1. The van der Waals surface area contributed by atoms with Gasteiger partial charge in [0.1, 0.15) is 0 Å². The van der Waals surface area contributed by atoms with Crippen LogP contribution in [0.4, 0.5) is 0 Å². The first kappa shape index (κ1) is 14.1. The third kappa shape index (κ3) is 4.05. The Labute approximate surface area is 121 Å². The zero-order chi connectivity index (χ0) is 13.6. The van der Waals surface area contributed by atoms with E-state index < -0.39 is 0 Å². The Kier molecular flexibility index (Phi) is 5.06. The Morgan fingerprint density at radius 3 is 2.40 bits per heavy atom. The van der Waals surface area contributed by atoms with E-state index in [9.17, 15) is 0 Å². The summed E-state index contributed by atoms with van der Waals surface area (Å²) in [6.07, 6.45) is 7.41. The Bertz CT molecular complexity index is 378. The summed E-state index contributed by atoms with van der Waals surface area (Å²) in [6.45, 7) is 1.59. The summed E-state index contributed by atoms with van der Waals surface area (Å²) in [5, 5.41) is 0. The maximum absolute atomic E-state index is 6.00. The minimum absolute atomic E-state index is 0.0572. The molecule has 1 aromatic carbocycles. The van der Waals surface area contributed by atoms with Crippen molar-refractivity contribution in [3.63, 3.8) is 0 Å². The van der Waals surface area contributed by atoms with E-state index in [0.29, 0.717) is 12.2 Å². The molecule has 2 aliphatic rings. The van der Waals surface area contributed by atoms with Crippen LogP contribution >= 0.6 is 0 Å². The first-order valence-electron chi connectivity index (χ1n) is 7.83. The van der Waals surface area contributed by atoms with Crippen molar-refractivity contribution < 1.29 is 14.2 Å². The van der Waals surface area contributed by atoms with E-state index >= 15 is 0 Å². The van der Waals surface area contributed by atoms with Crippen LogP contribution < -0.4 is 0 Å². The molecule has 1 atom stereocenters. The Balaban J connectivity index is 1.35. The van der Waals surface area contributed by atoms with Crippen LogP contribution in [-0.2, 0) is 20.8 Å². The van der Waals surface area contributed by atoms with Crippen molar-refractivity contribution in [3.8, 4) is 0 Å². The van der Waals surface area contributed by atoms with Crippen LogP contribution in [0.5, 0.6) is 0 Å². The van der Waals surface area contributed by atoms with Crippen molar-refractivity contribution in [1.82, 2.24) is 0 Å². The lowest BCUT2D eigenvalue weighted by Crippen LogP contribution is -2.29. The number of hydrogen-bond donors (Lipinski definition) is 0. The quantitative estimate of drug-likeness (QED) is 0.821. The SMILES string of the molecule is c1ccc(COC2CCC(OC3CCCO3)CC2)cc1. The molecule has 1 heterocycles. The molecule has 0 amide bonds. The molecule has 0 bridgehead atoms. The van der Waals surface area contributed by atoms with Gasteiger partial charge >= 0.3 is 0 Å². The molecule has 1 aliphatic carbocycles. The standard InChI is InChI=1S/C17H24O3/c1-2-5-14(6-3-1)13-19-15-8-10-16(11-9-15)20-17-7-4-12-18-17/h1-3,5-6,15-17H,4,7-13H2. The second-order valence-electron chi connectivity index (χ2n) is 5.77. The molecule has 1 aliphatic heterocycles. The van der Waals surface area contributed by atoms with Crippen molar-refractivity contribution in [2.75, 3.05) is 6.61 Å². The van der Waals surface area contributed by atoms with Gasteiger partial charge in [-0.2, -0.15) is 0 Å². The first-order valence-corrected chi connectivity index (χ1v) is 7.83. The summed E-state index contributed by atoms with van der Waals surface area (Å²) in [6, 6.07) is 10.4. The van der Waals surface area contributed by atoms with Crippen molar-refractivity contribution >= 4 is 0 Å². The molecule has 20 heavy (non-hydrogen) atoms. The van der Waals surface area contributed by atoms with Crippen LogP contribution in [0.15, 0.2) is 30.3 Å². The second kappa shape index (κ2) is 7.21. The van der Waals surface area contributed by atoms with Crippen molar-refractivity contribution in [1.29, 1.82) is 0 Å². The Morgan fingerprint density at radius 2 is 1.70 bits per heavy atom. The Morgan fingerprint density at radius 1 is 0.950 bits per heavy atom. The highest BCUT2D eigenvalue weighted by Crippen LogP contribution is 2.27. The fourth-order valence-electron chi connectivity index (χ4n) is 2.99. The topological polar surface area (TPSA) is 27.7 Å². The van der Waals surface area contributed by atoms with E-state index in [2.05, 4.69) is 24.3 Å². The predicted octanol–water partition coefficient (Wildman–Crippen LogP) is 3.67. The summed E-state index contributed by atoms with van der Waals surface area (Å²) in [7, 11) is 0. The van der Waals surface area contributed by atoms with Gasteiger partial charge in [0, 0.05) is 13.0 Å². The molecule has 0 spiro atoms. The summed E-state index contributed by atoms with van der Waals surface area (Å²) in [4.78, 5) is 0. The number of rotatable bonds is 5. The predicted molar refractivity (Wildman–Crippen MR) is 77.3 cm³/mol. The van der Waals surface area contributed by atoms with Gasteiger partial charge < -0.3 is 14.2 Å². The zero-order valence-electron chi connectivity index (χ0n) is 12.0. The van der Waals surface area contributed by atoms with Gasteiger partial charge in [-0.15, -0.1) is 0 Å². The van der Waals surface area contributed by atoms with Gasteiger partial charge in [0.05, 0.1) is 18.8 Å². The minimum atomic E-state index is 0.0572. The lowest BCUT2D eigenvalue weighted by atomic mass is 9.95. The van der Waals surface area contributed by atoms with Gasteiger partial charge in [-0.1, -0.05) is 30.3 Å². The van der Waals surface area contributed by atoms with Crippen LogP contribution in [0.25, 0.3) is 0 Å². The molecule has 3 nitrogen and oxygen atoms in total. The van der Waals surface area contributed by atoms with Crippen LogP contribution in [0.2, 0.25) is 0 Å². The van der Waals surface area contributed by atoms with E-state index in [1.54, 1.807) is 0 Å². The van der Waals surface area contributed by atoms with Crippen LogP contribution in [0.1, 0.15) is 44.1 Å². The molecule has 0 N–H and O–H groups in total. The monoisotopic (exact) mass is 276 g/mol. The fourth-order valence-corrected chi connectivity index (χ4v) is 2.99. The molecule has 3 heteroatoms. The molecule has 1 unspecified atom stereocenters. The van der Waals surface area contributed by atoms with Crippen LogP contribution in [-0.4, -0.2) is 25.1 Å². The lowest BCUT2D eigenvalue weighted by Gasteiger charge is -2.30. The average molecular weight is 276 g/mol. The van der Waals surface area contributed by atoms with Crippen molar-refractivity contribution in [2.45, 2.75) is 63.6 Å². The summed E-state index contributed by atoms with van der Waals surface area (Å²) < 4.78 is 17.5. The highest BCUT2D eigenvalue weighted by molar-refractivity contribution is 5.13. The van der Waals surface area contributed by atoms with E-state index in [1.165, 1.54) is 5.56 Å². The smallest absolute Gasteiger partial charge is 0.158 e. The van der Waals surface area contributed by atoms with Crippen LogP contribution in [0.3, 0.4) is 0 Å². The Hall–Kier alpha value is -0.900. The normalized spacial score (nSPS) is 30.5. The van der Waals surface area contributed by atoms with E-state index in [0.717, 1.165) is 51.7 Å². The average Bonchev–Trinajstić information content (AvgIpc) is 3.01. The molecule has 3 rings (SSSR count). The number of hydrogen-bond acceptors (Lipinski definition) is 3. The van der Waals surface area contributed by atoms with Crippen molar-refractivity contribution in [2.24, 2.45) is 0 Å². The molecule has 0 aromatic heterocycles. The second-order valence-corrected chi connectivity index (χ2v) is 5.77. The number of ether oxygens (including phenoxy) is 3. The zero-order valence-corrected chi connectivity index (χ0v) is 12.0. The van der Waals surface area contributed by atoms with Crippen LogP contribution in [0, 0.1) is 0 Å². The largest absolute Gasteiger partial charge is 0.374 e. The lowest BCUT2D eigenvalue weighted by molar-refractivity contribution is -0.158. The first-order chi connectivity index (χ1) is 9.90. The van der Waals surface area contributed by atoms with Gasteiger partial charge in [-0.25, -0.2) is 0 Å². The van der Waals surface area contributed by atoms with Gasteiger partial charge in [-0.05, 0) is 37.7 Å². The minimum Gasteiger partial charge on any atom is -0.374 e. The van der Waals surface area contributed by atoms with Gasteiger partial charge in [0.25, 0.3) is 0 Å². The summed E-state index contributed by atoms with van der Waals surface area (Å²) in [5.41, 5.74) is 1.25. The highest BCUT2D eigenvalue weighted by atomic mass is 16.7. The molecule has 1 saturated carbocycles. The molecule has 1 saturated heterocycles. The molecule has 110 valence electrons. The van der Waals surface area contributed by atoms with E-state index in [4.69, 9.17) is 14.2 Å². The van der Waals surface area contributed by atoms with Gasteiger partial charge in [0.2, 0.25) is 0 Å². The summed E-state index contributed by atoms with van der Waals surface area (Å²) >= 11 is 0. The van der Waals surface area contributed by atoms with E-state index in [-0.39, 0.29) is 6.29 Å². The maximum Gasteiger partial charge on any atom is 0.158 e. The van der Waals surface area contributed by atoms with Gasteiger partial charge in [-0.3, -0.25) is 0 Å². The third-order valence-corrected chi connectivity index (χ3v) is 4.18. The van der Waals surface area contributed by atoms with Crippen molar-refractivity contribution in [3.05, 3.63) is 35.9 Å². The highest BCUT2D eigenvalue weighted by Gasteiger charge is 2.26. The maximum atomic E-state index is 6.00. The third-order valence-electron chi connectivity index (χ3n) is 4.18. The fraction of sp³-hybridized carbons (Fsp3) is 0.647.